The Kier molecular flexibility index (Phi) is 3.81. The monoisotopic (exact) mass is 266 g/mol. The highest BCUT2D eigenvalue weighted by Crippen LogP contribution is 2.28. The highest BCUT2D eigenvalue weighted by molar-refractivity contribution is 7.99. The molecule has 2 rings (SSSR count). The lowest BCUT2D eigenvalue weighted by Gasteiger charge is -2.07. The van der Waals surface area contributed by atoms with Gasteiger partial charge >= 0.3 is 0 Å². The van der Waals surface area contributed by atoms with Crippen molar-refractivity contribution in [3.63, 3.8) is 0 Å². The fourth-order valence-corrected chi connectivity index (χ4v) is 2.19. The molecule has 2 N–H and O–H groups in total. The van der Waals surface area contributed by atoms with Gasteiger partial charge in [-0.2, -0.15) is 8.78 Å². The third kappa shape index (κ3) is 2.98. The van der Waals surface area contributed by atoms with Crippen molar-refractivity contribution in [3.05, 3.63) is 42.1 Å². The predicted octanol–water partition coefficient (Wildman–Crippen LogP) is 3.95. The maximum Gasteiger partial charge on any atom is 0.288 e. The Morgan fingerprint density at radius 2 is 1.89 bits per heavy atom. The number of nitrogen functional groups attached to an aromatic ring is 1. The van der Waals surface area contributed by atoms with Crippen molar-refractivity contribution in [2.45, 2.75) is 17.6 Å². The van der Waals surface area contributed by atoms with Gasteiger partial charge in [0.2, 0.25) is 0 Å². The van der Waals surface area contributed by atoms with E-state index < -0.39 is 5.76 Å². The normalized spacial score (nSPS) is 10.9. The van der Waals surface area contributed by atoms with Crippen LogP contribution in [0.25, 0.3) is 11.3 Å². The van der Waals surface area contributed by atoms with Gasteiger partial charge in [-0.1, -0.05) is 23.9 Å². The molecule has 0 spiro atoms. The van der Waals surface area contributed by atoms with E-state index in [9.17, 15) is 8.78 Å². The third-order valence-electron chi connectivity index (χ3n) is 2.45. The van der Waals surface area contributed by atoms with E-state index in [1.165, 1.54) is 0 Å². The van der Waals surface area contributed by atoms with Crippen LogP contribution in [0, 0.1) is 6.92 Å². The number of rotatable bonds is 3. The maximum absolute atomic E-state index is 12.2. The summed E-state index contributed by atoms with van der Waals surface area (Å²) in [7, 11) is 0. The number of anilines is 1. The minimum Gasteiger partial charge on any atom is -0.397 e. The number of halogens is 2. The largest absolute Gasteiger partial charge is 0.397 e. The molecule has 1 aromatic heterocycles. The molecule has 2 nitrogen and oxygen atoms in total. The molecule has 0 unspecified atom stereocenters. The van der Waals surface area contributed by atoms with Gasteiger partial charge in [0, 0.05) is 10.5 Å². The standard InChI is InChI=1S/C13H12F2N2S/c1-8-6-10(16)7-17-12(8)9-2-4-11(5-3-9)18-13(14)15/h2-7,13H,16H2,1H3. The molecule has 1 aromatic carbocycles. The molecule has 0 aliphatic heterocycles. The maximum atomic E-state index is 12.2. The first-order valence-corrected chi connectivity index (χ1v) is 6.21. The fourth-order valence-electron chi connectivity index (χ4n) is 1.69. The summed E-state index contributed by atoms with van der Waals surface area (Å²) in [5.41, 5.74) is 8.92. The van der Waals surface area contributed by atoms with Crippen LogP contribution >= 0.6 is 11.8 Å². The van der Waals surface area contributed by atoms with Crippen molar-refractivity contribution in [2.24, 2.45) is 0 Å². The number of pyridine rings is 1. The van der Waals surface area contributed by atoms with Crippen molar-refractivity contribution in [2.75, 3.05) is 5.73 Å². The summed E-state index contributed by atoms with van der Waals surface area (Å²) in [6.45, 7) is 1.92. The zero-order valence-electron chi connectivity index (χ0n) is 9.73. The van der Waals surface area contributed by atoms with E-state index in [1.807, 2.05) is 13.0 Å². The van der Waals surface area contributed by atoms with Crippen molar-refractivity contribution < 1.29 is 8.78 Å². The first kappa shape index (κ1) is 12.8. The van der Waals surface area contributed by atoms with Gasteiger partial charge in [0.25, 0.3) is 5.76 Å². The highest BCUT2D eigenvalue weighted by atomic mass is 32.2. The van der Waals surface area contributed by atoms with Crippen LogP contribution < -0.4 is 5.73 Å². The van der Waals surface area contributed by atoms with E-state index in [0.717, 1.165) is 16.8 Å². The molecule has 0 saturated heterocycles. The number of aromatic nitrogens is 1. The Balaban J connectivity index is 2.28. The van der Waals surface area contributed by atoms with Gasteiger partial charge in [-0.05, 0) is 30.7 Å². The second-order valence-corrected chi connectivity index (χ2v) is 4.90. The van der Waals surface area contributed by atoms with Crippen LogP contribution in [-0.4, -0.2) is 10.7 Å². The topological polar surface area (TPSA) is 38.9 Å². The zero-order valence-corrected chi connectivity index (χ0v) is 10.5. The quantitative estimate of drug-likeness (QED) is 0.855. The number of benzene rings is 1. The van der Waals surface area contributed by atoms with Gasteiger partial charge in [0.05, 0.1) is 17.6 Å². The van der Waals surface area contributed by atoms with Gasteiger partial charge in [0.1, 0.15) is 0 Å². The van der Waals surface area contributed by atoms with E-state index in [1.54, 1.807) is 30.5 Å². The Bertz CT molecular complexity index is 541. The summed E-state index contributed by atoms with van der Waals surface area (Å²) in [5, 5.41) is 0. The molecule has 5 heteroatoms. The van der Waals surface area contributed by atoms with Gasteiger partial charge in [0.15, 0.2) is 0 Å². The molecule has 0 bridgehead atoms. The SMILES string of the molecule is Cc1cc(N)cnc1-c1ccc(SC(F)F)cc1. The summed E-state index contributed by atoms with van der Waals surface area (Å²) >= 11 is 0.535. The number of nitrogens with zero attached hydrogens (tertiary/aromatic N) is 1. The van der Waals surface area contributed by atoms with Crippen LogP contribution in [0.15, 0.2) is 41.4 Å². The van der Waals surface area contributed by atoms with Crippen molar-refractivity contribution >= 4 is 17.4 Å². The number of aryl methyl sites for hydroxylation is 1. The van der Waals surface area contributed by atoms with Crippen LogP contribution in [0.2, 0.25) is 0 Å². The molecule has 0 aliphatic carbocycles. The van der Waals surface area contributed by atoms with Crippen molar-refractivity contribution in [3.8, 4) is 11.3 Å². The van der Waals surface area contributed by atoms with Crippen LogP contribution in [0.1, 0.15) is 5.56 Å². The summed E-state index contributed by atoms with van der Waals surface area (Å²) in [6.07, 6.45) is 1.59. The lowest BCUT2D eigenvalue weighted by Crippen LogP contribution is -1.92. The highest BCUT2D eigenvalue weighted by Gasteiger charge is 2.07. The lowest BCUT2D eigenvalue weighted by atomic mass is 10.1. The number of hydrogen-bond acceptors (Lipinski definition) is 3. The molecule has 0 fully saturated rings. The van der Waals surface area contributed by atoms with Crippen LogP contribution in [-0.2, 0) is 0 Å². The number of thioether (sulfide) groups is 1. The first-order valence-electron chi connectivity index (χ1n) is 5.33. The third-order valence-corrected chi connectivity index (χ3v) is 3.17. The average molecular weight is 266 g/mol. The summed E-state index contributed by atoms with van der Waals surface area (Å²) in [6, 6.07) is 8.75. The van der Waals surface area contributed by atoms with E-state index >= 15 is 0 Å². The predicted molar refractivity (Wildman–Crippen MR) is 70.7 cm³/mol. The van der Waals surface area contributed by atoms with Crippen LogP contribution in [0.5, 0.6) is 0 Å². The van der Waals surface area contributed by atoms with Gasteiger partial charge in [-0.3, -0.25) is 4.98 Å². The molecule has 18 heavy (non-hydrogen) atoms. The van der Waals surface area contributed by atoms with E-state index in [-0.39, 0.29) is 0 Å². The van der Waals surface area contributed by atoms with Gasteiger partial charge < -0.3 is 5.73 Å². The second kappa shape index (κ2) is 5.35. The lowest BCUT2D eigenvalue weighted by molar-refractivity contribution is 0.252. The van der Waals surface area contributed by atoms with Gasteiger partial charge in [-0.25, -0.2) is 0 Å². The van der Waals surface area contributed by atoms with Gasteiger partial charge in [-0.15, -0.1) is 0 Å². The van der Waals surface area contributed by atoms with Crippen molar-refractivity contribution in [1.82, 2.24) is 4.98 Å². The minimum atomic E-state index is -2.40. The molecule has 0 amide bonds. The van der Waals surface area contributed by atoms with E-state index in [0.29, 0.717) is 22.3 Å². The van der Waals surface area contributed by atoms with E-state index in [2.05, 4.69) is 4.98 Å². The van der Waals surface area contributed by atoms with Crippen LogP contribution in [0.4, 0.5) is 14.5 Å². The Morgan fingerprint density at radius 3 is 2.44 bits per heavy atom. The average Bonchev–Trinajstić information content (AvgIpc) is 2.30. The molecule has 0 saturated carbocycles. The first-order chi connectivity index (χ1) is 8.56. The Labute approximate surface area is 108 Å². The van der Waals surface area contributed by atoms with Crippen molar-refractivity contribution in [1.29, 1.82) is 0 Å². The molecule has 1 heterocycles. The smallest absolute Gasteiger partial charge is 0.288 e. The molecule has 94 valence electrons. The Morgan fingerprint density at radius 1 is 1.22 bits per heavy atom. The summed E-state index contributed by atoms with van der Waals surface area (Å²) in [5.74, 6) is -2.40. The molecular formula is C13H12F2N2S. The van der Waals surface area contributed by atoms with E-state index in [4.69, 9.17) is 5.73 Å². The molecule has 0 atom stereocenters. The fraction of sp³-hybridized carbons (Fsp3) is 0.154. The molecule has 0 radical (unpaired) electrons. The summed E-state index contributed by atoms with van der Waals surface area (Å²) < 4.78 is 24.4. The number of alkyl halides is 2. The number of hydrogen-bond donors (Lipinski definition) is 1. The van der Waals surface area contributed by atoms with Crippen LogP contribution in [0.3, 0.4) is 0 Å². The number of nitrogens with two attached hydrogens (primary N) is 1. The second-order valence-electron chi connectivity index (χ2n) is 3.84. The molecular weight excluding hydrogens is 254 g/mol. The summed E-state index contributed by atoms with van der Waals surface area (Å²) in [4.78, 5) is 4.80. The molecule has 2 aromatic rings. The molecule has 0 aliphatic rings. The minimum absolute atomic E-state index is 0.535. The Hall–Kier alpha value is -1.62. The zero-order chi connectivity index (χ0) is 13.1.